The molecule has 164 valence electrons. The number of alkyl halides is 6. The summed E-state index contributed by atoms with van der Waals surface area (Å²) in [5.74, 6) is 0.851. The fraction of sp³-hybridized carbons (Fsp3) is 0.545. The highest BCUT2D eigenvalue weighted by molar-refractivity contribution is 5.34. The molecule has 0 amide bonds. The first kappa shape index (κ1) is 25.3. The molecule has 0 heterocycles. The summed E-state index contributed by atoms with van der Waals surface area (Å²) in [5.41, 5.74) is -1.29. The zero-order valence-electron chi connectivity index (χ0n) is 17.1. The van der Waals surface area contributed by atoms with Crippen LogP contribution < -0.4 is 0 Å². The van der Waals surface area contributed by atoms with E-state index in [1.807, 2.05) is 0 Å². The predicted octanol–water partition coefficient (Wildman–Crippen LogP) is 8.13. The molecule has 0 aliphatic heterocycles. The number of methoxy groups -OCH3 is 1. The molecule has 0 saturated carbocycles. The molecular weight excluding hydrogens is 394 g/mol. The molecule has 1 aromatic carbocycles. The minimum atomic E-state index is -4.83. The van der Waals surface area contributed by atoms with Crippen molar-refractivity contribution >= 4 is 0 Å². The second-order valence-corrected chi connectivity index (χ2v) is 7.19. The number of benzene rings is 1. The summed E-state index contributed by atoms with van der Waals surface area (Å²) in [6.45, 7) is 5.96. The molecule has 0 spiro atoms. The van der Waals surface area contributed by atoms with E-state index in [1.165, 1.54) is 39.7 Å². The monoisotopic (exact) mass is 422 g/mol. The van der Waals surface area contributed by atoms with Gasteiger partial charge < -0.3 is 4.74 Å². The maximum Gasteiger partial charge on any atom is 0.416 e. The SMILES string of the molecule is CCC(C)CC1=CCCC=C1.COC(C)c1cc(C(F)(F)F)cc(C(F)(F)F)c1. The lowest BCUT2D eigenvalue weighted by Crippen LogP contribution is -2.12. The summed E-state index contributed by atoms with van der Waals surface area (Å²) in [6, 6.07) is 1.40. The minimum Gasteiger partial charge on any atom is -0.377 e. The summed E-state index contributed by atoms with van der Waals surface area (Å²) in [4.78, 5) is 0. The van der Waals surface area contributed by atoms with Crippen LogP contribution in [0.2, 0.25) is 0 Å². The lowest BCUT2D eigenvalue weighted by molar-refractivity contribution is -0.143. The van der Waals surface area contributed by atoms with Crippen molar-refractivity contribution in [3.8, 4) is 0 Å². The van der Waals surface area contributed by atoms with Gasteiger partial charge in [0.05, 0.1) is 17.2 Å². The zero-order valence-corrected chi connectivity index (χ0v) is 17.1. The first-order chi connectivity index (χ1) is 13.4. The lowest BCUT2D eigenvalue weighted by atomic mass is 9.95. The fourth-order valence-electron chi connectivity index (χ4n) is 2.72. The summed E-state index contributed by atoms with van der Waals surface area (Å²) < 4.78 is 79.7. The second-order valence-electron chi connectivity index (χ2n) is 7.19. The molecule has 1 aliphatic carbocycles. The topological polar surface area (TPSA) is 9.23 Å². The van der Waals surface area contributed by atoms with Gasteiger partial charge in [0, 0.05) is 7.11 Å². The van der Waals surface area contributed by atoms with E-state index in [-0.39, 0.29) is 11.6 Å². The number of hydrogen-bond acceptors (Lipinski definition) is 1. The van der Waals surface area contributed by atoms with Crippen molar-refractivity contribution in [2.45, 2.75) is 64.9 Å². The number of allylic oxidation sites excluding steroid dienone is 4. The number of hydrogen-bond donors (Lipinski definition) is 0. The minimum absolute atomic E-state index is 0.0892. The molecule has 2 rings (SSSR count). The molecule has 1 aromatic rings. The van der Waals surface area contributed by atoms with E-state index in [0.717, 1.165) is 5.92 Å². The van der Waals surface area contributed by atoms with Gasteiger partial charge in [-0.15, -0.1) is 0 Å². The van der Waals surface area contributed by atoms with Gasteiger partial charge >= 0.3 is 12.4 Å². The highest BCUT2D eigenvalue weighted by Crippen LogP contribution is 2.37. The van der Waals surface area contributed by atoms with E-state index in [4.69, 9.17) is 4.74 Å². The van der Waals surface area contributed by atoms with Crippen LogP contribution in [0.25, 0.3) is 0 Å². The van der Waals surface area contributed by atoms with Gasteiger partial charge in [-0.05, 0) is 55.9 Å². The van der Waals surface area contributed by atoms with Crippen LogP contribution in [0.5, 0.6) is 0 Å². The maximum absolute atomic E-state index is 12.5. The maximum atomic E-state index is 12.5. The molecule has 0 saturated heterocycles. The van der Waals surface area contributed by atoms with Crippen molar-refractivity contribution in [2.75, 3.05) is 7.11 Å². The van der Waals surface area contributed by atoms with Crippen LogP contribution in [0.15, 0.2) is 42.0 Å². The molecule has 0 N–H and O–H groups in total. The van der Waals surface area contributed by atoms with Gasteiger partial charge in [-0.1, -0.05) is 44.1 Å². The Kier molecular flexibility index (Phi) is 9.46. The van der Waals surface area contributed by atoms with Crippen LogP contribution in [0.1, 0.15) is 69.2 Å². The van der Waals surface area contributed by atoms with E-state index in [1.54, 1.807) is 5.57 Å². The summed E-state index contributed by atoms with van der Waals surface area (Å²) in [6.07, 6.45) is 1.50. The average Bonchev–Trinajstić information content (AvgIpc) is 2.66. The fourth-order valence-corrected chi connectivity index (χ4v) is 2.72. The van der Waals surface area contributed by atoms with Gasteiger partial charge in [-0.25, -0.2) is 0 Å². The van der Waals surface area contributed by atoms with Crippen molar-refractivity contribution in [3.63, 3.8) is 0 Å². The first-order valence-corrected chi connectivity index (χ1v) is 9.56. The van der Waals surface area contributed by atoms with Gasteiger partial charge in [0.15, 0.2) is 0 Å². The van der Waals surface area contributed by atoms with E-state index in [2.05, 4.69) is 32.1 Å². The Bertz CT molecular complexity index is 668. The van der Waals surface area contributed by atoms with Crippen molar-refractivity contribution in [3.05, 3.63) is 58.7 Å². The Balaban J connectivity index is 0.000000326. The van der Waals surface area contributed by atoms with E-state index in [9.17, 15) is 26.3 Å². The molecule has 2 unspecified atom stereocenters. The Morgan fingerprint density at radius 3 is 1.86 bits per heavy atom. The molecule has 1 aliphatic rings. The number of ether oxygens (including phenoxy) is 1. The second kappa shape index (κ2) is 10.9. The molecule has 2 atom stereocenters. The molecule has 0 fully saturated rings. The van der Waals surface area contributed by atoms with Crippen molar-refractivity contribution in [2.24, 2.45) is 5.92 Å². The molecule has 7 heteroatoms. The third kappa shape index (κ3) is 8.64. The van der Waals surface area contributed by atoms with Crippen LogP contribution in [0.4, 0.5) is 26.3 Å². The highest BCUT2D eigenvalue weighted by Gasteiger charge is 2.37. The number of halogens is 6. The third-order valence-electron chi connectivity index (χ3n) is 4.79. The Morgan fingerprint density at radius 1 is 0.931 bits per heavy atom. The average molecular weight is 422 g/mol. The smallest absolute Gasteiger partial charge is 0.377 e. The largest absolute Gasteiger partial charge is 0.416 e. The third-order valence-corrected chi connectivity index (χ3v) is 4.79. The van der Waals surface area contributed by atoms with E-state index in [0.29, 0.717) is 12.1 Å². The van der Waals surface area contributed by atoms with E-state index < -0.39 is 29.6 Å². The Hall–Kier alpha value is -1.76. The quantitative estimate of drug-likeness (QED) is 0.435. The van der Waals surface area contributed by atoms with Crippen LogP contribution in [-0.4, -0.2) is 7.11 Å². The molecule has 0 radical (unpaired) electrons. The Morgan fingerprint density at radius 2 is 1.48 bits per heavy atom. The van der Waals surface area contributed by atoms with Crippen LogP contribution in [-0.2, 0) is 17.1 Å². The van der Waals surface area contributed by atoms with Gasteiger partial charge in [0.1, 0.15) is 0 Å². The first-order valence-electron chi connectivity index (χ1n) is 9.56. The summed E-state index contributed by atoms with van der Waals surface area (Å²) >= 11 is 0. The van der Waals surface area contributed by atoms with Crippen LogP contribution in [0, 0.1) is 5.92 Å². The van der Waals surface area contributed by atoms with Gasteiger partial charge in [0.2, 0.25) is 0 Å². The van der Waals surface area contributed by atoms with Gasteiger partial charge in [-0.2, -0.15) is 26.3 Å². The van der Waals surface area contributed by atoms with Gasteiger partial charge in [-0.3, -0.25) is 0 Å². The van der Waals surface area contributed by atoms with Crippen molar-refractivity contribution in [1.82, 2.24) is 0 Å². The summed E-state index contributed by atoms with van der Waals surface area (Å²) in [5, 5.41) is 0. The van der Waals surface area contributed by atoms with Gasteiger partial charge in [0.25, 0.3) is 0 Å². The molecule has 0 aromatic heterocycles. The van der Waals surface area contributed by atoms with Crippen LogP contribution >= 0.6 is 0 Å². The normalized spacial score (nSPS) is 16.6. The highest BCUT2D eigenvalue weighted by atomic mass is 19.4. The van der Waals surface area contributed by atoms with Crippen molar-refractivity contribution in [1.29, 1.82) is 0 Å². The van der Waals surface area contributed by atoms with Crippen molar-refractivity contribution < 1.29 is 31.1 Å². The molecular formula is C22H28F6O. The molecule has 29 heavy (non-hydrogen) atoms. The van der Waals surface area contributed by atoms with E-state index >= 15 is 0 Å². The summed E-state index contributed by atoms with van der Waals surface area (Å²) in [7, 11) is 1.21. The molecule has 0 bridgehead atoms. The zero-order chi connectivity index (χ0) is 22.2. The standard InChI is InChI=1S/C11H10F6O.C11H18/c1-6(18-2)7-3-8(10(12,13)14)5-9(4-7)11(15,16)17;1-3-10(2)9-11-7-5-4-6-8-11/h3-6H,1-2H3;5,7-8,10H,3-4,6,9H2,1-2H3. The number of rotatable bonds is 5. The predicted molar refractivity (Wildman–Crippen MR) is 102 cm³/mol. The van der Waals surface area contributed by atoms with Crippen LogP contribution in [0.3, 0.4) is 0 Å². The molecule has 1 nitrogen and oxygen atoms in total. The Labute approximate surface area is 168 Å². The lowest BCUT2D eigenvalue weighted by Gasteiger charge is -2.17.